The Morgan fingerprint density at radius 3 is 2.49 bits per heavy atom. The van der Waals surface area contributed by atoms with Gasteiger partial charge in [-0.1, -0.05) is 26.8 Å². The lowest BCUT2D eigenvalue weighted by atomic mass is 9.82. The van der Waals surface area contributed by atoms with Gasteiger partial charge < -0.3 is 14.8 Å². The predicted molar refractivity (Wildman–Crippen MR) is 155 cm³/mol. The van der Waals surface area contributed by atoms with Gasteiger partial charge in [0, 0.05) is 33.9 Å². The fraction of sp³-hybridized carbons (Fsp3) is 0.310. The highest BCUT2D eigenvalue weighted by molar-refractivity contribution is 9.10. The number of esters is 1. The summed E-state index contributed by atoms with van der Waals surface area (Å²) in [7, 11) is 1.48. The second kappa shape index (κ2) is 10.7. The van der Waals surface area contributed by atoms with Gasteiger partial charge in [0.1, 0.15) is 17.2 Å². The molecular weight excluding hydrogens is 564 g/mol. The molecule has 0 saturated heterocycles. The number of methoxy groups -OCH3 is 1. The standard InChI is InChI=1S/C29H31BrN4O5/c1-28(2,3)17-29(4,5)32-26-25(31-24-13-11-20(30)16-33(24)26)18-10-12-22(23(15-18)38-6)39-27(35)19-8-7-9-21(14-19)34(36)37/h7-16,32H,17H2,1-6H3. The molecule has 4 rings (SSSR count). The summed E-state index contributed by atoms with van der Waals surface area (Å²) in [6.07, 6.45) is 2.88. The molecule has 0 amide bonds. The first kappa shape index (κ1) is 28.1. The number of fused-ring (bicyclic) bond motifs is 1. The number of nitrogens with one attached hydrogen (secondary N) is 1. The maximum atomic E-state index is 12.8. The van der Waals surface area contributed by atoms with E-state index in [9.17, 15) is 14.9 Å². The molecule has 0 spiro atoms. The fourth-order valence-corrected chi connectivity index (χ4v) is 5.17. The topological polar surface area (TPSA) is 108 Å². The van der Waals surface area contributed by atoms with Crippen molar-refractivity contribution in [1.82, 2.24) is 9.38 Å². The molecule has 9 nitrogen and oxygen atoms in total. The molecule has 0 aliphatic carbocycles. The van der Waals surface area contributed by atoms with Crippen LogP contribution in [0.15, 0.2) is 65.3 Å². The van der Waals surface area contributed by atoms with Crippen molar-refractivity contribution < 1.29 is 19.2 Å². The van der Waals surface area contributed by atoms with E-state index in [1.165, 1.54) is 31.4 Å². The van der Waals surface area contributed by atoms with Gasteiger partial charge in [0.05, 0.1) is 17.6 Å². The number of nitrogens with zero attached hydrogens (tertiary/aromatic N) is 3. The number of aromatic nitrogens is 2. The van der Waals surface area contributed by atoms with Gasteiger partial charge in [-0.15, -0.1) is 0 Å². The second-order valence-corrected chi connectivity index (χ2v) is 12.1. The number of nitro benzene ring substituents is 1. The predicted octanol–water partition coefficient (Wildman–Crippen LogP) is 7.53. The minimum atomic E-state index is -0.728. The van der Waals surface area contributed by atoms with Crippen LogP contribution in [-0.2, 0) is 0 Å². The number of carbonyl (C=O) groups excluding carboxylic acids is 1. The number of carbonyl (C=O) groups is 1. The summed E-state index contributed by atoms with van der Waals surface area (Å²) in [6.45, 7) is 11.0. The van der Waals surface area contributed by atoms with Gasteiger partial charge in [-0.25, -0.2) is 9.78 Å². The molecule has 1 N–H and O–H groups in total. The zero-order valence-electron chi connectivity index (χ0n) is 22.7. The highest BCUT2D eigenvalue weighted by atomic mass is 79.9. The Hall–Kier alpha value is -3.92. The van der Waals surface area contributed by atoms with Crippen molar-refractivity contribution in [3.8, 4) is 22.8 Å². The van der Waals surface area contributed by atoms with Crippen LogP contribution < -0.4 is 14.8 Å². The average Bonchev–Trinajstić information content (AvgIpc) is 3.19. The molecular formula is C29H31BrN4O5. The minimum absolute atomic E-state index is 0.0637. The van der Waals surface area contributed by atoms with Gasteiger partial charge in [-0.2, -0.15) is 0 Å². The third-order valence-corrected chi connectivity index (χ3v) is 6.41. The molecule has 204 valence electrons. The summed E-state index contributed by atoms with van der Waals surface area (Å²) >= 11 is 3.57. The van der Waals surface area contributed by atoms with E-state index in [2.05, 4.69) is 55.9 Å². The van der Waals surface area contributed by atoms with Crippen LogP contribution in [0.25, 0.3) is 16.9 Å². The van der Waals surface area contributed by atoms with Crippen LogP contribution in [0.1, 0.15) is 51.4 Å². The normalized spacial score (nSPS) is 11.9. The number of hydrogen-bond donors (Lipinski definition) is 1. The Balaban J connectivity index is 1.72. The molecule has 0 aliphatic heterocycles. The SMILES string of the molecule is COc1cc(-c2nc3ccc(Br)cn3c2NC(C)(C)CC(C)(C)C)ccc1OC(=O)c1cccc([N+](=O)[O-])c1. The van der Waals surface area contributed by atoms with Crippen LogP contribution in [0.5, 0.6) is 11.5 Å². The molecule has 0 saturated carbocycles. The van der Waals surface area contributed by atoms with E-state index in [4.69, 9.17) is 14.5 Å². The van der Waals surface area contributed by atoms with Gasteiger partial charge in [-0.05, 0) is 78.0 Å². The van der Waals surface area contributed by atoms with Crippen LogP contribution in [0.2, 0.25) is 0 Å². The maximum absolute atomic E-state index is 12.8. The van der Waals surface area contributed by atoms with E-state index in [1.807, 2.05) is 22.7 Å². The number of nitro groups is 1. The Bertz CT molecular complexity index is 1560. The average molecular weight is 595 g/mol. The molecule has 0 atom stereocenters. The molecule has 0 radical (unpaired) electrons. The molecule has 2 heterocycles. The molecule has 0 bridgehead atoms. The second-order valence-electron chi connectivity index (χ2n) is 11.2. The first-order chi connectivity index (χ1) is 18.3. The number of ether oxygens (including phenoxy) is 2. The maximum Gasteiger partial charge on any atom is 0.343 e. The first-order valence-electron chi connectivity index (χ1n) is 12.4. The lowest BCUT2D eigenvalue weighted by Gasteiger charge is -2.34. The summed E-state index contributed by atoms with van der Waals surface area (Å²) in [4.78, 5) is 28.2. The highest BCUT2D eigenvalue weighted by Gasteiger charge is 2.28. The van der Waals surface area contributed by atoms with Gasteiger partial charge in [-0.3, -0.25) is 14.5 Å². The molecule has 2 aromatic carbocycles. The van der Waals surface area contributed by atoms with Crippen LogP contribution in [-0.4, -0.2) is 32.9 Å². The van der Waals surface area contributed by atoms with Crippen molar-refractivity contribution in [1.29, 1.82) is 0 Å². The van der Waals surface area contributed by atoms with E-state index >= 15 is 0 Å². The van der Waals surface area contributed by atoms with E-state index in [1.54, 1.807) is 18.2 Å². The lowest BCUT2D eigenvalue weighted by Crippen LogP contribution is -2.36. The highest BCUT2D eigenvalue weighted by Crippen LogP contribution is 2.38. The van der Waals surface area contributed by atoms with Crippen LogP contribution in [0.3, 0.4) is 0 Å². The van der Waals surface area contributed by atoms with Gasteiger partial charge in [0.15, 0.2) is 11.5 Å². The van der Waals surface area contributed by atoms with E-state index in [0.717, 1.165) is 27.9 Å². The number of non-ortho nitro benzene ring substituents is 1. The molecule has 0 unspecified atom stereocenters. The van der Waals surface area contributed by atoms with Crippen molar-refractivity contribution in [2.75, 3.05) is 12.4 Å². The molecule has 2 aromatic heterocycles. The van der Waals surface area contributed by atoms with E-state index in [0.29, 0.717) is 11.4 Å². The number of rotatable bonds is 8. The Labute approximate surface area is 235 Å². The molecule has 4 aromatic rings. The number of imidazole rings is 1. The Kier molecular flexibility index (Phi) is 7.70. The van der Waals surface area contributed by atoms with E-state index < -0.39 is 10.9 Å². The van der Waals surface area contributed by atoms with Crippen molar-refractivity contribution in [3.63, 3.8) is 0 Å². The molecule has 0 aliphatic rings. The zero-order chi connectivity index (χ0) is 28.5. The number of benzene rings is 2. The van der Waals surface area contributed by atoms with Crippen molar-refractivity contribution >= 4 is 39.1 Å². The summed E-state index contributed by atoms with van der Waals surface area (Å²) in [5.41, 5.74) is 1.96. The van der Waals surface area contributed by atoms with Gasteiger partial charge in [0.25, 0.3) is 5.69 Å². The van der Waals surface area contributed by atoms with Gasteiger partial charge >= 0.3 is 5.97 Å². The number of hydrogen-bond acceptors (Lipinski definition) is 7. The number of pyridine rings is 1. The van der Waals surface area contributed by atoms with Crippen molar-refractivity contribution in [3.05, 3.63) is 80.9 Å². The number of halogens is 1. The van der Waals surface area contributed by atoms with Crippen molar-refractivity contribution in [2.24, 2.45) is 5.41 Å². The lowest BCUT2D eigenvalue weighted by molar-refractivity contribution is -0.384. The zero-order valence-corrected chi connectivity index (χ0v) is 24.3. The smallest absolute Gasteiger partial charge is 0.343 e. The summed E-state index contributed by atoms with van der Waals surface area (Å²) in [5.74, 6) is 0.605. The molecule has 39 heavy (non-hydrogen) atoms. The Morgan fingerprint density at radius 2 is 1.82 bits per heavy atom. The third kappa shape index (κ3) is 6.57. The molecule has 10 heteroatoms. The fourth-order valence-electron chi connectivity index (χ4n) is 4.83. The quantitative estimate of drug-likeness (QED) is 0.0971. The first-order valence-corrected chi connectivity index (χ1v) is 13.2. The Morgan fingerprint density at radius 1 is 1.08 bits per heavy atom. The van der Waals surface area contributed by atoms with Crippen LogP contribution in [0.4, 0.5) is 11.5 Å². The van der Waals surface area contributed by atoms with E-state index in [-0.39, 0.29) is 28.0 Å². The molecule has 0 fully saturated rings. The number of anilines is 1. The summed E-state index contributed by atoms with van der Waals surface area (Å²) in [6, 6.07) is 14.5. The largest absolute Gasteiger partial charge is 0.493 e. The van der Waals surface area contributed by atoms with Crippen LogP contribution >= 0.6 is 15.9 Å². The minimum Gasteiger partial charge on any atom is -0.493 e. The monoisotopic (exact) mass is 594 g/mol. The van der Waals surface area contributed by atoms with Gasteiger partial charge in [0.2, 0.25) is 0 Å². The summed E-state index contributed by atoms with van der Waals surface area (Å²) in [5, 5.41) is 14.8. The van der Waals surface area contributed by atoms with Crippen molar-refractivity contribution in [2.45, 2.75) is 46.6 Å². The summed E-state index contributed by atoms with van der Waals surface area (Å²) < 4.78 is 14.0. The third-order valence-electron chi connectivity index (χ3n) is 5.94. The van der Waals surface area contributed by atoms with Crippen LogP contribution in [0, 0.1) is 15.5 Å².